The highest BCUT2D eigenvalue weighted by molar-refractivity contribution is 7.09. The van der Waals surface area contributed by atoms with Gasteiger partial charge in [-0.2, -0.15) is 0 Å². The predicted octanol–water partition coefficient (Wildman–Crippen LogP) is 0.626. The maximum absolute atomic E-state index is 11.4. The number of aromatic hydroxyl groups is 2. The molecule has 116 valence electrons. The molecule has 1 amide bonds. The number of carboxylic acids is 1. The SMILES string of the molecule is O=C(N[C@@H](Cc1ccc(O)c(O)c1)C(=O)O)OCCOP. The van der Waals surface area contributed by atoms with Crippen LogP contribution >= 0.6 is 9.47 Å². The van der Waals surface area contributed by atoms with Gasteiger partial charge in [-0.1, -0.05) is 6.07 Å². The van der Waals surface area contributed by atoms with Gasteiger partial charge in [0.05, 0.1) is 6.61 Å². The third-order valence-corrected chi connectivity index (χ3v) is 2.74. The molecule has 1 rings (SSSR count). The Bertz CT molecular complexity index is 508. The van der Waals surface area contributed by atoms with Crippen LogP contribution < -0.4 is 5.32 Å². The van der Waals surface area contributed by atoms with Crippen LogP contribution in [-0.2, 0) is 20.5 Å². The van der Waals surface area contributed by atoms with E-state index in [9.17, 15) is 19.8 Å². The average molecular weight is 317 g/mol. The van der Waals surface area contributed by atoms with E-state index in [1.807, 2.05) is 9.47 Å². The number of benzene rings is 1. The Morgan fingerprint density at radius 3 is 2.52 bits per heavy atom. The zero-order valence-electron chi connectivity index (χ0n) is 11.0. The Hall–Kier alpha value is -2.05. The minimum absolute atomic E-state index is 0.0122. The van der Waals surface area contributed by atoms with Crippen LogP contribution in [0.25, 0.3) is 0 Å². The summed E-state index contributed by atoms with van der Waals surface area (Å²) >= 11 is 0. The van der Waals surface area contributed by atoms with Crippen LogP contribution in [0.4, 0.5) is 4.79 Å². The summed E-state index contributed by atoms with van der Waals surface area (Å²) in [6.07, 6.45) is -0.953. The summed E-state index contributed by atoms with van der Waals surface area (Å²) in [6, 6.07) is 2.68. The second-order valence-electron chi connectivity index (χ2n) is 4.07. The lowest BCUT2D eigenvalue weighted by atomic mass is 10.1. The standard InChI is InChI=1S/C12H16NO7P/c14-9-2-1-7(6-10(9)15)5-8(11(16)17)13-12(18)19-3-4-20-21/h1-2,6,8,14-15H,3-5,21H2,(H,13,18)(H,16,17)/t8-/m0/s1. The van der Waals surface area contributed by atoms with Gasteiger partial charge in [0.2, 0.25) is 0 Å². The van der Waals surface area contributed by atoms with Gasteiger partial charge in [-0.3, -0.25) is 0 Å². The number of phenols is 2. The Labute approximate surface area is 123 Å². The highest BCUT2D eigenvalue weighted by atomic mass is 31.0. The van der Waals surface area contributed by atoms with Gasteiger partial charge in [0, 0.05) is 15.9 Å². The smallest absolute Gasteiger partial charge is 0.407 e. The zero-order valence-corrected chi connectivity index (χ0v) is 12.1. The van der Waals surface area contributed by atoms with Crippen molar-refractivity contribution in [2.24, 2.45) is 0 Å². The molecule has 1 aromatic carbocycles. The molecule has 0 aliphatic heterocycles. The Kier molecular flexibility index (Phi) is 6.71. The van der Waals surface area contributed by atoms with Gasteiger partial charge >= 0.3 is 12.1 Å². The molecule has 4 N–H and O–H groups in total. The van der Waals surface area contributed by atoms with Gasteiger partial charge in [-0.05, 0) is 17.7 Å². The Balaban J connectivity index is 2.63. The Morgan fingerprint density at radius 2 is 1.95 bits per heavy atom. The number of hydrogen-bond acceptors (Lipinski definition) is 6. The van der Waals surface area contributed by atoms with E-state index in [4.69, 9.17) is 9.84 Å². The summed E-state index contributed by atoms with van der Waals surface area (Å²) in [6.45, 7) is 0.156. The maximum atomic E-state index is 11.4. The van der Waals surface area contributed by atoms with E-state index in [0.29, 0.717) is 5.56 Å². The van der Waals surface area contributed by atoms with Gasteiger partial charge < -0.3 is 29.9 Å². The second kappa shape index (κ2) is 8.28. The molecular formula is C12H16NO7P. The number of carboxylic acid groups (broad SMARTS) is 1. The van der Waals surface area contributed by atoms with Crippen molar-refractivity contribution in [3.63, 3.8) is 0 Å². The molecule has 9 heteroatoms. The highest BCUT2D eigenvalue weighted by Crippen LogP contribution is 2.25. The van der Waals surface area contributed by atoms with Crippen molar-refractivity contribution >= 4 is 21.5 Å². The van der Waals surface area contributed by atoms with Crippen molar-refractivity contribution < 1.29 is 34.2 Å². The molecule has 0 saturated heterocycles. The first kappa shape index (κ1) is 17.0. The molecule has 0 fully saturated rings. The maximum Gasteiger partial charge on any atom is 0.407 e. The summed E-state index contributed by atoms with van der Waals surface area (Å²) < 4.78 is 9.31. The van der Waals surface area contributed by atoms with E-state index in [1.165, 1.54) is 18.2 Å². The van der Waals surface area contributed by atoms with Crippen molar-refractivity contribution in [2.75, 3.05) is 13.2 Å². The molecule has 0 aliphatic carbocycles. The number of ether oxygens (including phenoxy) is 1. The van der Waals surface area contributed by atoms with Crippen LogP contribution in [0, 0.1) is 0 Å². The van der Waals surface area contributed by atoms with E-state index < -0.39 is 18.1 Å². The molecule has 0 saturated carbocycles. The largest absolute Gasteiger partial charge is 0.504 e. The molecule has 0 bridgehead atoms. The molecule has 0 aromatic heterocycles. The fourth-order valence-electron chi connectivity index (χ4n) is 1.50. The predicted molar refractivity (Wildman–Crippen MR) is 75.0 cm³/mol. The fourth-order valence-corrected chi connectivity index (χ4v) is 1.59. The zero-order chi connectivity index (χ0) is 15.8. The monoisotopic (exact) mass is 317 g/mol. The van der Waals surface area contributed by atoms with Crippen LogP contribution in [-0.4, -0.2) is 46.6 Å². The average Bonchev–Trinajstić information content (AvgIpc) is 2.42. The lowest BCUT2D eigenvalue weighted by Gasteiger charge is -2.15. The highest BCUT2D eigenvalue weighted by Gasteiger charge is 2.21. The lowest BCUT2D eigenvalue weighted by Crippen LogP contribution is -2.42. The number of carbonyl (C=O) groups is 2. The van der Waals surface area contributed by atoms with Crippen molar-refractivity contribution in [1.29, 1.82) is 0 Å². The van der Waals surface area contributed by atoms with Crippen LogP contribution in [0.2, 0.25) is 0 Å². The minimum atomic E-state index is -1.25. The normalized spacial score (nSPS) is 11.7. The van der Waals surface area contributed by atoms with E-state index >= 15 is 0 Å². The summed E-state index contributed by atoms with van der Waals surface area (Å²) in [5.74, 6) is -1.92. The number of amides is 1. The van der Waals surface area contributed by atoms with Crippen molar-refractivity contribution in [3.8, 4) is 11.5 Å². The number of hydrogen-bond donors (Lipinski definition) is 4. The van der Waals surface area contributed by atoms with Gasteiger partial charge in [-0.15, -0.1) is 0 Å². The van der Waals surface area contributed by atoms with E-state index in [-0.39, 0.29) is 31.1 Å². The van der Waals surface area contributed by atoms with Crippen LogP contribution in [0.5, 0.6) is 11.5 Å². The minimum Gasteiger partial charge on any atom is -0.504 e. The van der Waals surface area contributed by atoms with Crippen molar-refractivity contribution in [3.05, 3.63) is 23.8 Å². The summed E-state index contributed by atoms with van der Waals surface area (Å²) in [5.41, 5.74) is 0.436. The van der Waals surface area contributed by atoms with Crippen molar-refractivity contribution in [2.45, 2.75) is 12.5 Å². The molecule has 1 aromatic rings. The van der Waals surface area contributed by atoms with E-state index in [1.54, 1.807) is 0 Å². The number of rotatable bonds is 7. The number of carbonyl (C=O) groups excluding carboxylic acids is 1. The molecule has 0 heterocycles. The molecule has 0 spiro atoms. The molecular weight excluding hydrogens is 301 g/mol. The first-order valence-electron chi connectivity index (χ1n) is 5.92. The number of nitrogens with one attached hydrogen (secondary N) is 1. The number of alkyl carbamates (subject to hydrolysis) is 1. The third-order valence-electron chi connectivity index (χ3n) is 2.50. The lowest BCUT2D eigenvalue weighted by molar-refractivity contribution is -0.139. The van der Waals surface area contributed by atoms with Gasteiger partial charge in [0.1, 0.15) is 12.6 Å². The summed E-state index contributed by atoms with van der Waals surface area (Å²) in [7, 11) is 1.99. The molecule has 2 atom stereocenters. The topological polar surface area (TPSA) is 125 Å². The van der Waals surface area contributed by atoms with Crippen LogP contribution in [0.1, 0.15) is 5.56 Å². The fraction of sp³-hybridized carbons (Fsp3) is 0.333. The molecule has 1 unspecified atom stereocenters. The second-order valence-corrected chi connectivity index (χ2v) is 4.40. The first-order valence-corrected chi connectivity index (χ1v) is 6.39. The molecule has 21 heavy (non-hydrogen) atoms. The van der Waals surface area contributed by atoms with E-state index in [2.05, 4.69) is 9.84 Å². The summed E-state index contributed by atoms with van der Waals surface area (Å²) in [4.78, 5) is 22.5. The van der Waals surface area contributed by atoms with Crippen LogP contribution in [0.3, 0.4) is 0 Å². The quantitative estimate of drug-likeness (QED) is 0.330. The first-order chi connectivity index (χ1) is 9.93. The van der Waals surface area contributed by atoms with Gasteiger partial charge in [0.25, 0.3) is 0 Å². The Morgan fingerprint density at radius 1 is 1.24 bits per heavy atom. The van der Waals surface area contributed by atoms with Gasteiger partial charge in [-0.25, -0.2) is 9.59 Å². The number of aliphatic carboxylic acids is 1. The molecule has 8 nitrogen and oxygen atoms in total. The summed E-state index contributed by atoms with van der Waals surface area (Å²) in [5, 5.41) is 29.8. The number of phenolic OH excluding ortho intramolecular Hbond substituents is 2. The molecule has 0 radical (unpaired) electrons. The van der Waals surface area contributed by atoms with Crippen LogP contribution in [0.15, 0.2) is 18.2 Å². The van der Waals surface area contributed by atoms with E-state index in [0.717, 1.165) is 0 Å². The third kappa shape index (κ3) is 5.85. The van der Waals surface area contributed by atoms with Crippen molar-refractivity contribution in [1.82, 2.24) is 5.32 Å². The van der Waals surface area contributed by atoms with Gasteiger partial charge in [0.15, 0.2) is 11.5 Å². The molecule has 0 aliphatic rings.